The zero-order valence-corrected chi connectivity index (χ0v) is 25.0. The number of likely N-dealkylation sites (N-methyl/N-ethyl adjacent to an activating group) is 1. The molecule has 3 amide bonds. The van der Waals surface area contributed by atoms with Crippen molar-refractivity contribution in [3.05, 3.63) is 58.8 Å². The highest BCUT2D eigenvalue weighted by Gasteiger charge is 2.39. The minimum atomic E-state index is -0.790. The molecular weight excluding hydrogens is 556 g/mol. The van der Waals surface area contributed by atoms with Gasteiger partial charge in [-0.1, -0.05) is 0 Å². The molecule has 12 nitrogen and oxygen atoms in total. The third kappa shape index (κ3) is 6.19. The van der Waals surface area contributed by atoms with Crippen LogP contribution in [0.2, 0.25) is 0 Å². The van der Waals surface area contributed by atoms with Crippen molar-refractivity contribution in [2.45, 2.75) is 26.3 Å². The first-order valence-corrected chi connectivity index (χ1v) is 14.5. The topological polar surface area (TPSA) is 119 Å². The zero-order valence-electron chi connectivity index (χ0n) is 25.0. The number of benzene rings is 2. The monoisotopic (exact) mass is 594 g/mol. The first kappa shape index (κ1) is 30.0. The molecule has 5 rings (SSSR count). The lowest BCUT2D eigenvalue weighted by molar-refractivity contribution is -0.139. The molecule has 0 spiro atoms. The van der Waals surface area contributed by atoms with Crippen LogP contribution in [0.25, 0.3) is 0 Å². The Morgan fingerprint density at radius 3 is 2.53 bits per heavy atom. The fraction of sp³-hybridized carbons (Fsp3) is 0.452. The summed E-state index contributed by atoms with van der Waals surface area (Å²) in [5, 5.41) is 2.99. The van der Waals surface area contributed by atoms with Gasteiger partial charge in [0.05, 0.1) is 32.4 Å². The molecule has 0 aromatic heterocycles. The summed E-state index contributed by atoms with van der Waals surface area (Å²) in [5.41, 5.74) is 2.08. The second-order valence-electron chi connectivity index (χ2n) is 10.3. The van der Waals surface area contributed by atoms with E-state index in [-0.39, 0.29) is 25.3 Å². The van der Waals surface area contributed by atoms with Gasteiger partial charge in [0.15, 0.2) is 11.5 Å². The summed E-state index contributed by atoms with van der Waals surface area (Å²) < 4.78 is 27.3. The first-order valence-electron chi connectivity index (χ1n) is 14.5. The Hall–Kier alpha value is -4.45. The van der Waals surface area contributed by atoms with Crippen LogP contribution in [0.4, 0.5) is 4.79 Å². The summed E-state index contributed by atoms with van der Waals surface area (Å²) in [6.07, 6.45) is 0.729. The molecule has 3 heterocycles. The number of rotatable bonds is 9. The molecule has 1 saturated heterocycles. The Morgan fingerprint density at radius 1 is 0.977 bits per heavy atom. The molecule has 43 heavy (non-hydrogen) atoms. The average Bonchev–Trinajstić information content (AvgIpc) is 3.37. The van der Waals surface area contributed by atoms with Crippen molar-refractivity contribution in [2.24, 2.45) is 0 Å². The molecular formula is C31H38N4O8. The summed E-state index contributed by atoms with van der Waals surface area (Å²) >= 11 is 0. The fourth-order valence-corrected chi connectivity index (χ4v) is 5.70. The number of ether oxygens (including phenoxy) is 5. The van der Waals surface area contributed by atoms with Crippen LogP contribution in [-0.4, -0.2) is 99.5 Å². The molecule has 3 aliphatic heterocycles. The highest BCUT2D eigenvalue weighted by atomic mass is 16.7. The van der Waals surface area contributed by atoms with Gasteiger partial charge in [-0.2, -0.15) is 0 Å². The van der Waals surface area contributed by atoms with Crippen LogP contribution < -0.4 is 24.3 Å². The number of carbonyl (C=O) groups excluding carboxylic acids is 3. The number of hydrogen-bond acceptors (Lipinski definition) is 9. The van der Waals surface area contributed by atoms with Gasteiger partial charge in [0.2, 0.25) is 6.79 Å². The van der Waals surface area contributed by atoms with Crippen molar-refractivity contribution < 1.29 is 38.1 Å². The van der Waals surface area contributed by atoms with Crippen molar-refractivity contribution in [1.82, 2.24) is 20.0 Å². The fourth-order valence-electron chi connectivity index (χ4n) is 5.70. The second-order valence-corrected chi connectivity index (χ2v) is 10.3. The van der Waals surface area contributed by atoms with E-state index in [2.05, 4.69) is 10.2 Å². The van der Waals surface area contributed by atoms with Gasteiger partial charge in [-0.05, 0) is 50.6 Å². The van der Waals surface area contributed by atoms with Crippen molar-refractivity contribution in [2.75, 3.05) is 66.9 Å². The van der Waals surface area contributed by atoms with Gasteiger partial charge in [-0.15, -0.1) is 0 Å². The molecule has 1 unspecified atom stereocenters. The Labute approximate surface area is 251 Å². The van der Waals surface area contributed by atoms with E-state index in [9.17, 15) is 14.4 Å². The van der Waals surface area contributed by atoms with Crippen LogP contribution >= 0.6 is 0 Å². The number of nitrogens with one attached hydrogen (secondary N) is 1. The van der Waals surface area contributed by atoms with E-state index in [1.165, 1.54) is 7.11 Å². The molecule has 1 N–H and O–H groups in total. The number of methoxy groups -OCH3 is 2. The van der Waals surface area contributed by atoms with Crippen LogP contribution in [0.15, 0.2) is 47.7 Å². The molecule has 230 valence electrons. The number of hydrogen-bond donors (Lipinski definition) is 1. The van der Waals surface area contributed by atoms with E-state index < -0.39 is 12.0 Å². The third-order valence-corrected chi connectivity index (χ3v) is 7.87. The van der Waals surface area contributed by atoms with Gasteiger partial charge in [0, 0.05) is 62.2 Å². The van der Waals surface area contributed by atoms with E-state index in [0.717, 1.165) is 6.42 Å². The standard InChI is InChI=1S/C31H38N4O8/c1-5-35-23(18-33-12-7-13-34(15-14-33)29(36)20-8-11-24-26(16-20)43-19-42-24)27(30(37)41-6-2)28(32-31(35)38)22-10-9-21(39-3)17-25(22)40-4/h8-11,16-17,28H,5-7,12-15,18-19H2,1-4H3,(H,32,38). The number of nitrogens with zero attached hydrogens (tertiary/aromatic N) is 3. The number of esters is 1. The highest BCUT2D eigenvalue weighted by molar-refractivity contribution is 5.96. The van der Waals surface area contributed by atoms with E-state index in [1.54, 1.807) is 55.3 Å². The summed E-state index contributed by atoms with van der Waals surface area (Å²) in [5.74, 6) is 1.68. The van der Waals surface area contributed by atoms with Crippen LogP contribution in [0.5, 0.6) is 23.0 Å². The number of carbonyl (C=O) groups is 3. The zero-order chi connectivity index (χ0) is 30.5. The van der Waals surface area contributed by atoms with Gasteiger partial charge < -0.3 is 33.9 Å². The van der Waals surface area contributed by atoms with Crippen LogP contribution in [0, 0.1) is 0 Å². The number of urea groups is 1. The molecule has 2 aromatic rings. The summed E-state index contributed by atoms with van der Waals surface area (Å²) in [6.45, 7) is 6.95. The molecule has 0 aliphatic carbocycles. The van der Waals surface area contributed by atoms with E-state index >= 15 is 0 Å². The van der Waals surface area contributed by atoms with Gasteiger partial charge >= 0.3 is 12.0 Å². The Balaban J connectivity index is 1.43. The largest absolute Gasteiger partial charge is 0.497 e. The van der Waals surface area contributed by atoms with Crippen LogP contribution in [0.1, 0.15) is 42.2 Å². The van der Waals surface area contributed by atoms with E-state index in [1.807, 2.05) is 11.8 Å². The van der Waals surface area contributed by atoms with Gasteiger partial charge in [-0.25, -0.2) is 9.59 Å². The molecule has 1 fully saturated rings. The second kappa shape index (κ2) is 13.2. The molecule has 1 atom stereocenters. The lowest BCUT2D eigenvalue weighted by Crippen LogP contribution is -2.51. The lowest BCUT2D eigenvalue weighted by Gasteiger charge is -2.38. The summed E-state index contributed by atoms with van der Waals surface area (Å²) in [4.78, 5) is 45.9. The van der Waals surface area contributed by atoms with Gasteiger partial charge in [-0.3, -0.25) is 14.6 Å². The summed E-state index contributed by atoms with van der Waals surface area (Å²) in [7, 11) is 3.09. The molecule has 12 heteroatoms. The maximum absolute atomic E-state index is 13.6. The molecule has 0 bridgehead atoms. The maximum Gasteiger partial charge on any atom is 0.338 e. The van der Waals surface area contributed by atoms with Gasteiger partial charge in [0.25, 0.3) is 5.91 Å². The van der Waals surface area contributed by atoms with Crippen molar-refractivity contribution in [3.8, 4) is 23.0 Å². The predicted molar refractivity (Wildman–Crippen MR) is 156 cm³/mol. The third-order valence-electron chi connectivity index (χ3n) is 7.87. The lowest BCUT2D eigenvalue weighted by atomic mass is 9.93. The molecule has 0 saturated carbocycles. The Bertz CT molecular complexity index is 1410. The van der Waals surface area contributed by atoms with Crippen molar-refractivity contribution in [1.29, 1.82) is 0 Å². The van der Waals surface area contributed by atoms with E-state index in [4.69, 9.17) is 23.7 Å². The Kier molecular flexibility index (Phi) is 9.24. The average molecular weight is 595 g/mol. The van der Waals surface area contributed by atoms with Crippen molar-refractivity contribution >= 4 is 17.9 Å². The Morgan fingerprint density at radius 2 is 1.79 bits per heavy atom. The molecule has 2 aromatic carbocycles. The number of amides is 3. The first-order chi connectivity index (χ1) is 20.9. The summed E-state index contributed by atoms with van der Waals surface area (Å²) in [6, 6.07) is 9.39. The minimum Gasteiger partial charge on any atom is -0.497 e. The van der Waals surface area contributed by atoms with Crippen molar-refractivity contribution in [3.63, 3.8) is 0 Å². The maximum atomic E-state index is 13.6. The van der Waals surface area contributed by atoms with Gasteiger partial charge in [0.1, 0.15) is 11.5 Å². The smallest absolute Gasteiger partial charge is 0.338 e. The molecule has 0 radical (unpaired) electrons. The minimum absolute atomic E-state index is 0.0783. The number of fused-ring (bicyclic) bond motifs is 1. The van der Waals surface area contributed by atoms with Crippen LogP contribution in [-0.2, 0) is 9.53 Å². The molecule has 3 aliphatic rings. The highest BCUT2D eigenvalue weighted by Crippen LogP contribution is 2.38. The predicted octanol–water partition coefficient (Wildman–Crippen LogP) is 3.18. The SMILES string of the molecule is CCOC(=O)C1=C(CN2CCCN(C(=O)c3ccc4c(c3)OCO4)CC2)N(CC)C(=O)NC1c1ccc(OC)cc1OC. The van der Waals surface area contributed by atoms with E-state index in [0.29, 0.717) is 84.7 Å². The quantitative estimate of drug-likeness (QED) is 0.437. The van der Waals surface area contributed by atoms with Crippen LogP contribution in [0.3, 0.4) is 0 Å². The normalized spacial score (nSPS) is 18.7.